The third-order valence-corrected chi connectivity index (χ3v) is 4.17. The molecule has 35 heavy (non-hydrogen) atoms. The molecule has 3 N–H and O–H groups in total. The molecule has 0 spiro atoms. The summed E-state index contributed by atoms with van der Waals surface area (Å²) in [4.78, 5) is 30.8. The number of aliphatic carboxylic acids is 2. The van der Waals surface area contributed by atoms with Crippen molar-refractivity contribution in [1.82, 2.24) is 29.8 Å². The van der Waals surface area contributed by atoms with Gasteiger partial charge in [-0.15, -0.1) is 0 Å². The van der Waals surface area contributed by atoms with Crippen LogP contribution < -0.4 is 0 Å². The van der Waals surface area contributed by atoms with Gasteiger partial charge in [-0.1, -0.05) is 13.8 Å². The normalized spacial score (nSPS) is 14.6. The van der Waals surface area contributed by atoms with Crippen molar-refractivity contribution < 1.29 is 49.8 Å². The van der Waals surface area contributed by atoms with Crippen LogP contribution in [-0.4, -0.2) is 64.5 Å². The second-order valence-corrected chi connectivity index (χ2v) is 7.23. The summed E-state index contributed by atoms with van der Waals surface area (Å²) in [5, 5.41) is 31.1. The minimum atomic E-state index is -0.791. The second kappa shape index (κ2) is 19.1. The molecule has 12 nitrogen and oxygen atoms in total. The zero-order valence-corrected chi connectivity index (χ0v) is 21.7. The van der Waals surface area contributed by atoms with Crippen LogP contribution in [0.4, 0.5) is 0 Å². The Balaban J connectivity index is 0. The van der Waals surface area contributed by atoms with Crippen LogP contribution >= 0.6 is 0 Å². The Hall–Kier alpha value is -3.30. The summed E-state index contributed by atoms with van der Waals surface area (Å²) in [6.07, 6.45) is 10.2. The topological polar surface area (TPSA) is 165 Å². The van der Waals surface area contributed by atoms with Gasteiger partial charge in [0.1, 0.15) is 6.61 Å². The fourth-order valence-electron chi connectivity index (χ4n) is 2.07. The third-order valence-electron chi connectivity index (χ3n) is 4.17. The Morgan fingerprint density at radius 1 is 1.03 bits per heavy atom. The molecule has 0 bridgehead atoms. The van der Waals surface area contributed by atoms with Gasteiger partial charge in [-0.25, -0.2) is 0 Å². The molecule has 0 aromatic carbocycles. The van der Waals surface area contributed by atoms with Crippen molar-refractivity contribution in [2.24, 2.45) is 17.8 Å². The first kappa shape index (κ1) is 33.9. The number of carboxylic acid groups (broad SMARTS) is 2. The molecule has 0 aliphatic carbocycles. The van der Waals surface area contributed by atoms with E-state index >= 15 is 0 Å². The Morgan fingerprint density at radius 3 is 1.66 bits per heavy atom. The molecule has 1 fully saturated rings. The van der Waals surface area contributed by atoms with Crippen molar-refractivity contribution in [2.45, 2.75) is 33.9 Å². The molecule has 0 amide bonds. The van der Waals surface area contributed by atoms with Crippen LogP contribution in [0, 0.1) is 25.2 Å². The second-order valence-electron chi connectivity index (χ2n) is 7.23. The molecule has 0 radical (unpaired) electrons. The van der Waals surface area contributed by atoms with Crippen LogP contribution in [0.1, 0.15) is 20.8 Å². The van der Waals surface area contributed by atoms with Crippen LogP contribution in [0.2, 0.25) is 0 Å². The molecular weight excluding hydrogens is 551 g/mol. The van der Waals surface area contributed by atoms with Crippen molar-refractivity contribution in [3.63, 3.8) is 0 Å². The van der Waals surface area contributed by atoms with E-state index in [1.807, 2.05) is 13.0 Å². The molecule has 4 rings (SSSR count). The van der Waals surface area contributed by atoms with Gasteiger partial charge in [0, 0.05) is 57.6 Å². The van der Waals surface area contributed by atoms with Crippen LogP contribution in [0.25, 0.3) is 0 Å². The van der Waals surface area contributed by atoms with Gasteiger partial charge in [0.25, 0.3) is 0 Å². The summed E-state index contributed by atoms with van der Waals surface area (Å²) in [6, 6.07) is 5.38. The number of H-pyrrole nitrogens is 1. The number of nitrogens with zero attached hydrogens (tertiary/aromatic N) is 5. The first-order valence-corrected chi connectivity index (χ1v) is 10.2. The van der Waals surface area contributed by atoms with Crippen LogP contribution in [-0.2, 0) is 52.6 Å². The number of carbonyl (C=O) groups is 3. The number of hydrogen-bond acceptors (Lipinski definition) is 7. The Kier molecular flexibility index (Phi) is 18.4. The molecule has 198 valence electrons. The Bertz CT molecular complexity index is 849. The fourth-order valence-corrected chi connectivity index (χ4v) is 2.07. The molecule has 1 aliphatic heterocycles. The molecule has 3 atom stereocenters. The van der Waals surface area contributed by atoms with E-state index in [1.165, 1.54) is 0 Å². The number of aromatic nitrogens is 6. The maximum Gasteiger partial charge on any atom is 0.312 e. The van der Waals surface area contributed by atoms with E-state index in [-0.39, 0.29) is 51.6 Å². The predicted molar refractivity (Wildman–Crippen MR) is 123 cm³/mol. The van der Waals surface area contributed by atoms with E-state index in [1.54, 1.807) is 72.5 Å². The molecular formula is C22H33N6O6Pd-. The number of esters is 1. The van der Waals surface area contributed by atoms with Gasteiger partial charge in [0.15, 0.2) is 0 Å². The number of carbonyl (C=O) groups excluding carboxylic acids is 1. The summed E-state index contributed by atoms with van der Waals surface area (Å²) in [5.74, 6) is -2.23. The van der Waals surface area contributed by atoms with Crippen molar-refractivity contribution in [2.75, 3.05) is 6.61 Å². The summed E-state index contributed by atoms with van der Waals surface area (Å²) < 4.78 is 7.62. The maximum absolute atomic E-state index is 10.4. The average molecular weight is 584 g/mol. The number of hydrogen-bond donors (Lipinski definition) is 3. The summed E-state index contributed by atoms with van der Waals surface area (Å²) in [7, 11) is 0. The summed E-state index contributed by atoms with van der Waals surface area (Å²) >= 11 is 0. The maximum atomic E-state index is 10.4. The van der Waals surface area contributed by atoms with Gasteiger partial charge in [-0.05, 0) is 25.1 Å². The standard InChI is InChI=1S/2C7H10N2O2.C4H6O2.C3H4N2.CH3.Pd/c2*1-6(7(10)11)5-9-4-2-3-8-9;1-3-2-6-4(3)5;1-2-4-5-3-1;;/h2*2-4,6H,5H2,1H3,(H,10,11);3H,2H2,1H3;1-3H,(H,4,5);1H3;/q;;;;-1;/t2*6-;3-;;;/m000.../s1. The number of nitrogens with one attached hydrogen (secondary N) is 1. The van der Waals surface area contributed by atoms with E-state index in [4.69, 9.17) is 10.2 Å². The minimum Gasteiger partial charge on any atom is -0.481 e. The SMILES string of the molecule is C[C@@H](Cn1cccn1)C(=O)O.C[C@@H](Cn1cccn1)C(=O)O.C[C@H]1COC1=O.[CH3-].[Pd].c1cn[nH]c1. The molecule has 13 heteroatoms. The molecule has 3 aromatic rings. The van der Waals surface area contributed by atoms with Crippen LogP contribution in [0.3, 0.4) is 0 Å². The number of ether oxygens (including phenoxy) is 1. The van der Waals surface area contributed by atoms with Gasteiger partial charge in [0.05, 0.1) is 30.8 Å². The van der Waals surface area contributed by atoms with Crippen molar-refractivity contribution in [1.29, 1.82) is 0 Å². The molecule has 1 aliphatic rings. The number of rotatable bonds is 6. The molecule has 1 saturated heterocycles. The largest absolute Gasteiger partial charge is 0.481 e. The van der Waals surface area contributed by atoms with Crippen molar-refractivity contribution in [3.8, 4) is 0 Å². The van der Waals surface area contributed by atoms with Crippen molar-refractivity contribution >= 4 is 17.9 Å². The smallest absolute Gasteiger partial charge is 0.312 e. The van der Waals surface area contributed by atoms with Gasteiger partial charge in [-0.2, -0.15) is 15.3 Å². The minimum absolute atomic E-state index is 0. The first-order valence-electron chi connectivity index (χ1n) is 10.2. The van der Waals surface area contributed by atoms with Gasteiger partial charge < -0.3 is 22.4 Å². The predicted octanol–water partition coefficient (Wildman–Crippen LogP) is 2.24. The summed E-state index contributed by atoms with van der Waals surface area (Å²) in [5.41, 5.74) is 0. The molecule has 0 saturated carbocycles. The monoisotopic (exact) mass is 583 g/mol. The van der Waals surface area contributed by atoms with Crippen LogP contribution in [0.15, 0.2) is 55.4 Å². The van der Waals surface area contributed by atoms with Crippen LogP contribution in [0.5, 0.6) is 0 Å². The fraction of sp³-hybridized carbons (Fsp3) is 0.409. The Labute approximate surface area is 218 Å². The molecule has 3 aromatic heterocycles. The number of cyclic esters (lactones) is 1. The van der Waals surface area contributed by atoms with E-state index < -0.39 is 11.9 Å². The zero-order chi connectivity index (χ0) is 24.6. The van der Waals surface area contributed by atoms with Gasteiger partial charge >= 0.3 is 17.9 Å². The van der Waals surface area contributed by atoms with E-state index in [0.717, 1.165) is 0 Å². The number of carboxylic acids is 2. The quantitative estimate of drug-likeness (QED) is 0.224. The van der Waals surface area contributed by atoms with Gasteiger partial charge in [0.2, 0.25) is 0 Å². The van der Waals surface area contributed by atoms with E-state index in [9.17, 15) is 14.4 Å². The summed E-state index contributed by atoms with van der Waals surface area (Å²) in [6.45, 7) is 6.66. The van der Waals surface area contributed by atoms with E-state index in [2.05, 4.69) is 25.1 Å². The zero-order valence-electron chi connectivity index (χ0n) is 20.1. The first-order chi connectivity index (χ1) is 15.7. The molecule has 4 heterocycles. The third kappa shape index (κ3) is 15.3. The Morgan fingerprint density at radius 2 is 1.49 bits per heavy atom. The van der Waals surface area contributed by atoms with Gasteiger partial charge in [-0.3, -0.25) is 28.8 Å². The van der Waals surface area contributed by atoms with Crippen molar-refractivity contribution in [3.05, 3.63) is 62.8 Å². The number of aromatic amines is 1. The molecule has 0 unspecified atom stereocenters. The average Bonchev–Trinajstić information content (AvgIpc) is 3.58. The van der Waals surface area contributed by atoms with E-state index in [0.29, 0.717) is 19.7 Å².